The predicted molar refractivity (Wildman–Crippen MR) is 77.1 cm³/mol. The van der Waals surface area contributed by atoms with Gasteiger partial charge < -0.3 is 0 Å². The fraction of sp³-hybridized carbons (Fsp3) is 0.111. The summed E-state index contributed by atoms with van der Waals surface area (Å²) < 4.78 is 0. The second-order valence-corrected chi connectivity index (χ2v) is 5.24. The van der Waals surface area contributed by atoms with Gasteiger partial charge in [0.25, 0.3) is 0 Å². The molecule has 0 atom stereocenters. The molecule has 2 aliphatic carbocycles. The minimum absolute atomic E-state index is 0.0619. The lowest BCUT2D eigenvalue weighted by molar-refractivity contribution is 0.0994. The van der Waals surface area contributed by atoms with E-state index >= 15 is 0 Å². The van der Waals surface area contributed by atoms with E-state index < -0.39 is 0 Å². The Hall–Kier alpha value is -2.48. The highest BCUT2D eigenvalue weighted by Gasteiger charge is 2.27. The number of rotatable bonds is 0. The Kier molecular flexibility index (Phi) is 2.27. The van der Waals surface area contributed by atoms with Crippen LogP contribution in [0.15, 0.2) is 48.6 Å². The average Bonchev–Trinajstić information content (AvgIpc) is 2.50. The van der Waals surface area contributed by atoms with Crippen molar-refractivity contribution in [2.45, 2.75) is 12.8 Å². The zero-order chi connectivity index (χ0) is 13.7. The molecule has 2 aliphatic rings. The van der Waals surface area contributed by atoms with Crippen molar-refractivity contribution in [2.24, 2.45) is 0 Å². The number of ketones is 2. The van der Waals surface area contributed by atoms with Crippen LogP contribution in [0.4, 0.5) is 0 Å². The number of fused-ring (bicyclic) bond motifs is 5. The van der Waals surface area contributed by atoms with Crippen LogP contribution in [0.25, 0.3) is 11.1 Å². The van der Waals surface area contributed by atoms with Crippen LogP contribution in [-0.4, -0.2) is 11.6 Å². The molecule has 0 fully saturated rings. The molecule has 0 aromatic heterocycles. The van der Waals surface area contributed by atoms with Gasteiger partial charge in [-0.3, -0.25) is 9.59 Å². The Bertz CT molecular complexity index is 797. The van der Waals surface area contributed by atoms with Gasteiger partial charge in [-0.25, -0.2) is 0 Å². The molecular formula is C18H12O2. The second kappa shape index (κ2) is 4.01. The lowest BCUT2D eigenvalue weighted by Gasteiger charge is -2.24. The Morgan fingerprint density at radius 2 is 1.40 bits per heavy atom. The van der Waals surface area contributed by atoms with Crippen molar-refractivity contribution < 1.29 is 9.59 Å². The largest absolute Gasteiger partial charge is 0.289 e. The third-order valence-corrected chi connectivity index (χ3v) is 4.14. The smallest absolute Gasteiger partial charge is 0.187 e. The number of allylic oxidation sites excluding steroid dienone is 2. The van der Waals surface area contributed by atoms with Crippen LogP contribution in [0.2, 0.25) is 0 Å². The van der Waals surface area contributed by atoms with Crippen molar-refractivity contribution in [1.29, 1.82) is 0 Å². The average molecular weight is 260 g/mol. The first kappa shape index (κ1) is 11.4. The molecule has 2 nitrogen and oxygen atoms in total. The van der Waals surface area contributed by atoms with E-state index in [2.05, 4.69) is 6.07 Å². The van der Waals surface area contributed by atoms with Crippen molar-refractivity contribution in [3.8, 4) is 11.1 Å². The van der Waals surface area contributed by atoms with Gasteiger partial charge in [-0.15, -0.1) is 0 Å². The Morgan fingerprint density at radius 1 is 0.650 bits per heavy atom. The number of hydrogen-bond acceptors (Lipinski definition) is 2. The minimum atomic E-state index is -0.0783. The molecule has 0 saturated carbocycles. The van der Waals surface area contributed by atoms with Gasteiger partial charge >= 0.3 is 0 Å². The van der Waals surface area contributed by atoms with E-state index in [9.17, 15) is 9.59 Å². The fourth-order valence-corrected chi connectivity index (χ4v) is 3.20. The van der Waals surface area contributed by atoms with Crippen LogP contribution < -0.4 is 0 Å². The maximum Gasteiger partial charge on any atom is 0.187 e. The summed E-state index contributed by atoms with van der Waals surface area (Å²) in [6.45, 7) is 0. The first-order valence-corrected chi connectivity index (χ1v) is 6.76. The maximum atomic E-state index is 12.3. The third kappa shape index (κ3) is 1.45. The van der Waals surface area contributed by atoms with Gasteiger partial charge in [-0.05, 0) is 53.3 Å². The van der Waals surface area contributed by atoms with Crippen LogP contribution >= 0.6 is 0 Å². The number of hydrogen-bond donors (Lipinski definition) is 0. The summed E-state index contributed by atoms with van der Waals surface area (Å²) in [5, 5.41) is 0. The normalized spacial score (nSPS) is 15.6. The molecule has 2 aromatic carbocycles. The summed E-state index contributed by atoms with van der Waals surface area (Å²) in [5.41, 5.74) is 5.60. The Balaban J connectivity index is 2.10. The van der Waals surface area contributed by atoms with Crippen molar-refractivity contribution >= 4 is 11.6 Å². The Labute approximate surface area is 116 Å². The topological polar surface area (TPSA) is 34.1 Å². The van der Waals surface area contributed by atoms with Crippen molar-refractivity contribution in [3.05, 3.63) is 70.8 Å². The van der Waals surface area contributed by atoms with Gasteiger partial charge in [-0.2, -0.15) is 0 Å². The monoisotopic (exact) mass is 260 g/mol. The second-order valence-electron chi connectivity index (χ2n) is 5.24. The zero-order valence-electron chi connectivity index (χ0n) is 10.8. The summed E-state index contributed by atoms with van der Waals surface area (Å²) in [4.78, 5) is 24.3. The Morgan fingerprint density at radius 3 is 2.30 bits per heavy atom. The summed E-state index contributed by atoms with van der Waals surface area (Å²) in [7, 11) is 0. The van der Waals surface area contributed by atoms with Crippen molar-refractivity contribution in [1.82, 2.24) is 0 Å². The number of carbonyl (C=O) groups is 2. The quantitative estimate of drug-likeness (QED) is 0.727. The molecule has 0 spiro atoms. The predicted octanol–water partition coefficient (Wildman–Crippen LogP) is 3.39. The van der Waals surface area contributed by atoms with E-state index in [-0.39, 0.29) is 11.6 Å². The van der Waals surface area contributed by atoms with E-state index in [1.54, 1.807) is 6.07 Å². The third-order valence-electron chi connectivity index (χ3n) is 4.14. The van der Waals surface area contributed by atoms with Crippen LogP contribution in [0, 0.1) is 0 Å². The fourth-order valence-electron chi connectivity index (χ4n) is 3.20. The number of aryl methyl sites for hydroxylation is 2. The summed E-state index contributed by atoms with van der Waals surface area (Å²) >= 11 is 0. The molecule has 0 bridgehead atoms. The van der Waals surface area contributed by atoms with Gasteiger partial charge in [0.2, 0.25) is 0 Å². The van der Waals surface area contributed by atoms with Crippen LogP contribution in [0.1, 0.15) is 31.8 Å². The highest BCUT2D eigenvalue weighted by Crippen LogP contribution is 2.38. The van der Waals surface area contributed by atoms with Gasteiger partial charge in [0.15, 0.2) is 11.6 Å². The van der Waals surface area contributed by atoms with Crippen LogP contribution in [-0.2, 0) is 12.8 Å². The SMILES string of the molecule is O=C1C=CC(=O)c2c1ccc1c2-c2ccccc2CC1. The molecule has 0 saturated heterocycles. The van der Waals surface area contributed by atoms with Crippen molar-refractivity contribution in [3.63, 3.8) is 0 Å². The molecule has 20 heavy (non-hydrogen) atoms. The molecule has 4 rings (SSSR count). The van der Waals surface area contributed by atoms with E-state index in [1.165, 1.54) is 23.3 Å². The van der Waals surface area contributed by atoms with Gasteiger partial charge in [-0.1, -0.05) is 30.3 Å². The summed E-state index contributed by atoms with van der Waals surface area (Å²) in [6.07, 6.45) is 4.67. The van der Waals surface area contributed by atoms with E-state index in [0.29, 0.717) is 11.1 Å². The molecule has 0 aliphatic heterocycles. The molecule has 0 heterocycles. The lowest BCUT2D eigenvalue weighted by Crippen LogP contribution is -2.16. The number of carbonyl (C=O) groups excluding carboxylic acids is 2. The molecule has 0 N–H and O–H groups in total. The molecule has 0 unspecified atom stereocenters. The molecular weight excluding hydrogens is 248 g/mol. The summed E-state index contributed by atoms with van der Waals surface area (Å²) in [5.74, 6) is -0.140. The van der Waals surface area contributed by atoms with Crippen LogP contribution in [0.5, 0.6) is 0 Å². The molecule has 0 radical (unpaired) electrons. The van der Waals surface area contributed by atoms with Gasteiger partial charge in [0.05, 0.1) is 0 Å². The number of benzene rings is 2. The minimum Gasteiger partial charge on any atom is -0.289 e. The van der Waals surface area contributed by atoms with E-state index in [0.717, 1.165) is 24.0 Å². The molecule has 0 amide bonds. The van der Waals surface area contributed by atoms with Crippen molar-refractivity contribution in [2.75, 3.05) is 0 Å². The van der Waals surface area contributed by atoms with Crippen LogP contribution in [0.3, 0.4) is 0 Å². The van der Waals surface area contributed by atoms with Gasteiger partial charge in [0.1, 0.15) is 0 Å². The highest BCUT2D eigenvalue weighted by molar-refractivity contribution is 6.24. The lowest BCUT2D eigenvalue weighted by atomic mass is 9.78. The first-order chi connectivity index (χ1) is 9.75. The first-order valence-electron chi connectivity index (χ1n) is 6.76. The standard InChI is InChI=1S/C18H12O2/c19-15-9-10-16(20)18-14(15)8-7-12-6-5-11-3-1-2-4-13(11)17(12)18/h1-4,7-10H,5-6H2. The molecule has 2 heteroatoms. The van der Waals surface area contributed by atoms with E-state index in [4.69, 9.17) is 0 Å². The molecule has 2 aromatic rings. The maximum absolute atomic E-state index is 12.3. The zero-order valence-corrected chi connectivity index (χ0v) is 10.8. The van der Waals surface area contributed by atoms with E-state index in [1.807, 2.05) is 24.3 Å². The van der Waals surface area contributed by atoms with Gasteiger partial charge in [0, 0.05) is 11.1 Å². The summed E-state index contributed by atoms with van der Waals surface area (Å²) in [6, 6.07) is 11.9. The highest BCUT2D eigenvalue weighted by atomic mass is 16.1. The molecule has 96 valence electrons.